The SMILES string of the molecule is N#Cc1ccc(C2=CC(c3cc(-c4ccc5c(c4)C4(c6ccccc6-5)c5ccc6ccccc6c5Oc5c4ccc4ccccc54)nc(-c4ccccc4)n3)=CC=CC2)cc1. The maximum atomic E-state index is 9.44. The standard InChI is InChI=1S/C57H35N3O/c58-35-36-22-24-37(25-23-36)41-16-4-5-17-42(32-41)52-34-53(60-56(59-52)40-14-2-1-3-15-40)43-26-29-47-46-20-10-11-21-48(46)57(51(47)33-43)49-30-27-38-12-6-8-18-44(38)54(49)61-55-45-19-9-7-13-39(45)28-31-50(55)57/h1-15,17-34H,16H2. The Morgan fingerprint density at radius 1 is 0.525 bits per heavy atom. The van der Waals surface area contributed by atoms with Gasteiger partial charge in [0.15, 0.2) is 5.82 Å². The summed E-state index contributed by atoms with van der Waals surface area (Å²) >= 11 is 0. The third-order valence-corrected chi connectivity index (χ3v) is 12.6. The van der Waals surface area contributed by atoms with Crippen molar-refractivity contribution in [3.8, 4) is 51.3 Å². The summed E-state index contributed by atoms with van der Waals surface area (Å²) in [5.74, 6) is 2.45. The van der Waals surface area contributed by atoms with E-state index in [1.807, 2.05) is 42.5 Å². The Labute approximate surface area is 353 Å². The van der Waals surface area contributed by atoms with Gasteiger partial charge in [0.1, 0.15) is 11.5 Å². The molecule has 0 N–H and O–H groups in total. The van der Waals surface area contributed by atoms with Crippen LogP contribution in [0, 0.1) is 11.3 Å². The average molecular weight is 778 g/mol. The van der Waals surface area contributed by atoms with Gasteiger partial charge in [0, 0.05) is 38.6 Å². The summed E-state index contributed by atoms with van der Waals surface area (Å²) in [5, 5.41) is 13.9. The van der Waals surface area contributed by atoms with Gasteiger partial charge in [0.25, 0.3) is 0 Å². The van der Waals surface area contributed by atoms with Crippen molar-refractivity contribution in [2.24, 2.45) is 0 Å². The molecule has 12 rings (SSSR count). The second-order valence-corrected chi connectivity index (χ2v) is 15.9. The van der Waals surface area contributed by atoms with Crippen LogP contribution >= 0.6 is 0 Å². The van der Waals surface area contributed by atoms with Crippen LogP contribution in [-0.2, 0) is 5.41 Å². The van der Waals surface area contributed by atoms with E-state index < -0.39 is 5.41 Å². The third-order valence-electron chi connectivity index (χ3n) is 12.6. The lowest BCUT2D eigenvalue weighted by molar-refractivity contribution is 0.447. The average Bonchev–Trinajstić information content (AvgIpc) is 3.43. The lowest BCUT2D eigenvalue weighted by Gasteiger charge is -2.40. The van der Waals surface area contributed by atoms with Crippen molar-refractivity contribution >= 4 is 32.7 Å². The second-order valence-electron chi connectivity index (χ2n) is 15.9. The number of rotatable bonds is 4. The molecule has 0 amide bonds. The van der Waals surface area contributed by atoms with Crippen LogP contribution < -0.4 is 4.74 Å². The van der Waals surface area contributed by atoms with Crippen molar-refractivity contribution in [2.75, 3.05) is 0 Å². The van der Waals surface area contributed by atoms with Gasteiger partial charge in [-0.05, 0) is 80.9 Å². The van der Waals surface area contributed by atoms with E-state index >= 15 is 0 Å². The number of ether oxygens (including phenoxy) is 1. The molecule has 4 nitrogen and oxygen atoms in total. The molecule has 284 valence electrons. The molecule has 2 aliphatic carbocycles. The predicted molar refractivity (Wildman–Crippen MR) is 246 cm³/mol. The Morgan fingerprint density at radius 2 is 1.16 bits per heavy atom. The molecule has 0 radical (unpaired) electrons. The fraction of sp³-hybridized carbons (Fsp3) is 0.0351. The molecule has 1 aliphatic heterocycles. The van der Waals surface area contributed by atoms with Gasteiger partial charge in [-0.15, -0.1) is 0 Å². The molecule has 0 fully saturated rings. The zero-order valence-electron chi connectivity index (χ0n) is 33.0. The van der Waals surface area contributed by atoms with Gasteiger partial charge in [0.2, 0.25) is 0 Å². The van der Waals surface area contributed by atoms with Gasteiger partial charge in [-0.25, -0.2) is 9.97 Å². The molecule has 9 aromatic rings. The van der Waals surface area contributed by atoms with Crippen molar-refractivity contribution in [2.45, 2.75) is 11.8 Å². The lowest BCUT2D eigenvalue weighted by atomic mass is 9.65. The van der Waals surface area contributed by atoms with Gasteiger partial charge >= 0.3 is 0 Å². The first kappa shape index (κ1) is 34.9. The fourth-order valence-corrected chi connectivity index (χ4v) is 9.80. The van der Waals surface area contributed by atoms with Crippen LogP contribution in [0.1, 0.15) is 45.5 Å². The van der Waals surface area contributed by atoms with Crippen LogP contribution in [0.5, 0.6) is 11.5 Å². The molecule has 1 aromatic heterocycles. The summed E-state index contributed by atoms with van der Waals surface area (Å²) in [4.78, 5) is 10.6. The molecule has 2 heterocycles. The maximum Gasteiger partial charge on any atom is 0.160 e. The number of benzene rings is 8. The first-order chi connectivity index (χ1) is 30.2. The van der Waals surface area contributed by atoms with E-state index in [1.54, 1.807) is 0 Å². The van der Waals surface area contributed by atoms with Gasteiger partial charge < -0.3 is 4.74 Å². The molecule has 4 heteroatoms. The highest BCUT2D eigenvalue weighted by atomic mass is 16.5. The van der Waals surface area contributed by atoms with Crippen LogP contribution in [0.3, 0.4) is 0 Å². The van der Waals surface area contributed by atoms with Crippen LogP contribution in [0.15, 0.2) is 200 Å². The molecular formula is C57H35N3O. The highest BCUT2D eigenvalue weighted by Gasteiger charge is 2.52. The number of nitriles is 1. The minimum absolute atomic E-state index is 0.644. The Hall–Kier alpha value is -8.13. The van der Waals surface area contributed by atoms with Gasteiger partial charge in [-0.1, -0.05) is 170 Å². The zero-order chi connectivity index (χ0) is 40.5. The van der Waals surface area contributed by atoms with E-state index in [0.29, 0.717) is 11.4 Å². The smallest absolute Gasteiger partial charge is 0.160 e. The number of fused-ring (bicyclic) bond motifs is 13. The van der Waals surface area contributed by atoms with E-state index in [-0.39, 0.29) is 0 Å². The minimum atomic E-state index is -0.676. The highest BCUT2D eigenvalue weighted by Crippen LogP contribution is 2.64. The van der Waals surface area contributed by atoms with Gasteiger partial charge in [-0.3, -0.25) is 0 Å². The van der Waals surface area contributed by atoms with E-state index in [2.05, 4.69) is 164 Å². The number of aromatic nitrogens is 2. The molecule has 61 heavy (non-hydrogen) atoms. The van der Waals surface area contributed by atoms with Crippen molar-refractivity contribution < 1.29 is 4.74 Å². The van der Waals surface area contributed by atoms with Gasteiger partial charge in [-0.2, -0.15) is 5.26 Å². The number of hydrogen-bond donors (Lipinski definition) is 0. The second kappa shape index (κ2) is 13.7. The fourth-order valence-electron chi connectivity index (χ4n) is 9.80. The van der Waals surface area contributed by atoms with Crippen LogP contribution in [0.2, 0.25) is 0 Å². The lowest BCUT2D eigenvalue weighted by Crippen LogP contribution is -2.32. The van der Waals surface area contributed by atoms with E-state index in [4.69, 9.17) is 14.7 Å². The van der Waals surface area contributed by atoms with E-state index in [1.165, 1.54) is 22.3 Å². The molecule has 0 bridgehead atoms. The first-order valence-electron chi connectivity index (χ1n) is 20.7. The molecule has 0 atom stereocenters. The topological polar surface area (TPSA) is 58.8 Å². The van der Waals surface area contributed by atoms with Crippen molar-refractivity contribution in [3.63, 3.8) is 0 Å². The zero-order valence-corrected chi connectivity index (χ0v) is 33.0. The molecule has 0 saturated carbocycles. The number of hydrogen-bond acceptors (Lipinski definition) is 4. The molecule has 3 aliphatic rings. The summed E-state index contributed by atoms with van der Waals surface area (Å²) in [6.45, 7) is 0. The largest absolute Gasteiger partial charge is 0.455 e. The number of nitrogens with zero attached hydrogens (tertiary/aromatic N) is 3. The summed E-state index contributed by atoms with van der Waals surface area (Å²) in [5.41, 5.74) is 13.9. The van der Waals surface area contributed by atoms with Crippen LogP contribution in [0.4, 0.5) is 0 Å². The van der Waals surface area contributed by atoms with E-state index in [0.717, 1.165) is 89.8 Å². The van der Waals surface area contributed by atoms with Crippen molar-refractivity contribution in [3.05, 3.63) is 239 Å². The van der Waals surface area contributed by atoms with Crippen LogP contribution in [0.25, 0.3) is 66.5 Å². The summed E-state index contributed by atoms with van der Waals surface area (Å²) in [7, 11) is 0. The molecular weight excluding hydrogens is 743 g/mol. The molecule has 8 aromatic carbocycles. The third kappa shape index (κ3) is 5.38. The Balaban J connectivity index is 1.11. The van der Waals surface area contributed by atoms with Crippen molar-refractivity contribution in [1.29, 1.82) is 5.26 Å². The van der Waals surface area contributed by atoms with Crippen LogP contribution in [-0.4, -0.2) is 9.97 Å². The van der Waals surface area contributed by atoms with Crippen molar-refractivity contribution in [1.82, 2.24) is 9.97 Å². The first-order valence-corrected chi connectivity index (χ1v) is 20.7. The monoisotopic (exact) mass is 777 g/mol. The quantitative estimate of drug-likeness (QED) is 0.179. The maximum absolute atomic E-state index is 9.44. The minimum Gasteiger partial charge on any atom is -0.455 e. The Bertz CT molecular complexity index is 3340. The summed E-state index contributed by atoms with van der Waals surface area (Å²) in [6, 6.07) is 64.3. The normalized spacial score (nSPS) is 14.2. The molecule has 0 saturated heterocycles. The predicted octanol–water partition coefficient (Wildman–Crippen LogP) is 13.9. The summed E-state index contributed by atoms with van der Waals surface area (Å²) < 4.78 is 7.19. The van der Waals surface area contributed by atoms with Gasteiger partial charge in [0.05, 0.1) is 28.4 Å². The highest BCUT2D eigenvalue weighted by molar-refractivity contribution is 6.00. The van der Waals surface area contributed by atoms with E-state index in [9.17, 15) is 5.26 Å². The Morgan fingerprint density at radius 3 is 1.90 bits per heavy atom. The molecule has 0 unspecified atom stereocenters. The number of allylic oxidation sites excluding steroid dienone is 6. The molecule has 1 spiro atoms. The Kier molecular flexibility index (Phi) is 7.85. The summed E-state index contributed by atoms with van der Waals surface area (Å²) in [6.07, 6.45) is 9.40.